The number of pyridine rings is 1. The van der Waals surface area contributed by atoms with Crippen molar-refractivity contribution in [2.24, 2.45) is 0 Å². The first kappa shape index (κ1) is 25.1. The van der Waals surface area contributed by atoms with Crippen LogP contribution in [0.15, 0.2) is 72.2 Å². The highest BCUT2D eigenvalue weighted by atomic mass is 35.5. The third-order valence-corrected chi connectivity index (χ3v) is 6.23. The van der Waals surface area contributed by atoms with Gasteiger partial charge in [0.25, 0.3) is 0 Å². The summed E-state index contributed by atoms with van der Waals surface area (Å²) >= 11 is 7.12. The summed E-state index contributed by atoms with van der Waals surface area (Å²) < 4.78 is 44.2. The SMILES string of the molecule is O[C@@H](CNCCOc1cccc(-c2csc(-c3ccc(C(F)(F)F)cc3)n2)c1)c1ccc(Cl)nc1. The largest absolute Gasteiger partial charge is 0.492 e. The van der Waals surface area contributed by atoms with Crippen LogP contribution in [-0.2, 0) is 6.18 Å². The number of aliphatic hydroxyl groups excluding tert-OH is 1. The van der Waals surface area contributed by atoms with E-state index in [1.54, 1.807) is 12.1 Å². The minimum atomic E-state index is -4.36. The molecule has 0 aliphatic carbocycles. The lowest BCUT2D eigenvalue weighted by atomic mass is 10.1. The first-order chi connectivity index (χ1) is 16.8. The summed E-state index contributed by atoms with van der Waals surface area (Å²) in [5, 5.41) is 16.2. The number of alkyl halides is 3. The van der Waals surface area contributed by atoms with Crippen molar-refractivity contribution >= 4 is 22.9 Å². The van der Waals surface area contributed by atoms with Crippen molar-refractivity contribution in [3.63, 3.8) is 0 Å². The molecule has 2 N–H and O–H groups in total. The molecule has 182 valence electrons. The molecule has 4 rings (SSSR count). The number of hydrogen-bond acceptors (Lipinski definition) is 6. The Kier molecular flexibility index (Phi) is 8.02. The van der Waals surface area contributed by atoms with Gasteiger partial charge in [0.05, 0.1) is 17.4 Å². The van der Waals surface area contributed by atoms with E-state index in [1.807, 2.05) is 29.6 Å². The van der Waals surface area contributed by atoms with Crippen LogP contribution in [0.25, 0.3) is 21.8 Å². The summed E-state index contributed by atoms with van der Waals surface area (Å²) in [5.41, 5.74) is 2.18. The molecule has 0 saturated heterocycles. The van der Waals surface area contributed by atoms with Gasteiger partial charge in [0.1, 0.15) is 22.5 Å². The Labute approximate surface area is 209 Å². The van der Waals surface area contributed by atoms with Gasteiger partial charge < -0.3 is 15.2 Å². The standard InChI is InChI=1S/C25H21ClF3N3O2S/c26-23-9-6-18(13-31-23)22(33)14-30-10-11-34-20-3-1-2-17(12-20)21-15-35-24(32-21)16-4-7-19(8-5-16)25(27,28)29/h1-9,12-13,15,22,30,33H,10-11,14H2/t22-/m0/s1. The van der Waals surface area contributed by atoms with Crippen molar-refractivity contribution < 1.29 is 23.0 Å². The summed E-state index contributed by atoms with van der Waals surface area (Å²) in [6.07, 6.45) is -3.53. The van der Waals surface area contributed by atoms with Crippen LogP contribution in [0, 0.1) is 0 Å². The maximum atomic E-state index is 12.8. The van der Waals surface area contributed by atoms with Crippen molar-refractivity contribution in [1.29, 1.82) is 0 Å². The van der Waals surface area contributed by atoms with Crippen molar-refractivity contribution in [2.45, 2.75) is 12.3 Å². The second-order valence-corrected chi connectivity index (χ2v) is 8.87. The molecular weight excluding hydrogens is 499 g/mol. The van der Waals surface area contributed by atoms with Crippen LogP contribution in [-0.4, -0.2) is 34.8 Å². The van der Waals surface area contributed by atoms with Gasteiger partial charge >= 0.3 is 6.18 Å². The Morgan fingerprint density at radius 1 is 1.06 bits per heavy atom. The van der Waals surface area contributed by atoms with Crippen LogP contribution in [0.1, 0.15) is 17.2 Å². The fourth-order valence-corrected chi connectivity index (χ4v) is 4.22. The van der Waals surface area contributed by atoms with Gasteiger partial charge in [-0.3, -0.25) is 0 Å². The molecular formula is C25H21ClF3N3O2S. The lowest BCUT2D eigenvalue weighted by molar-refractivity contribution is -0.137. The number of nitrogens with zero attached hydrogens (tertiary/aromatic N) is 2. The number of rotatable bonds is 9. The molecule has 0 aliphatic rings. The highest BCUT2D eigenvalue weighted by Gasteiger charge is 2.30. The molecule has 2 aromatic heterocycles. The molecule has 10 heteroatoms. The average Bonchev–Trinajstić information content (AvgIpc) is 3.34. The zero-order chi connectivity index (χ0) is 24.8. The first-order valence-electron chi connectivity index (χ1n) is 10.7. The Balaban J connectivity index is 1.30. The monoisotopic (exact) mass is 519 g/mol. The van der Waals surface area contributed by atoms with Gasteiger partial charge in [-0.15, -0.1) is 11.3 Å². The fourth-order valence-electron chi connectivity index (χ4n) is 3.27. The smallest absolute Gasteiger partial charge is 0.416 e. The molecule has 0 bridgehead atoms. The van der Waals surface area contributed by atoms with Gasteiger partial charge in [0, 0.05) is 41.4 Å². The van der Waals surface area contributed by atoms with E-state index < -0.39 is 17.8 Å². The van der Waals surface area contributed by atoms with Gasteiger partial charge in [-0.05, 0) is 30.3 Å². The molecule has 0 unspecified atom stereocenters. The van der Waals surface area contributed by atoms with Crippen LogP contribution in [0.2, 0.25) is 5.15 Å². The lowest BCUT2D eigenvalue weighted by Gasteiger charge is -2.12. The van der Waals surface area contributed by atoms with Gasteiger partial charge in [0.2, 0.25) is 0 Å². The topological polar surface area (TPSA) is 67.3 Å². The van der Waals surface area contributed by atoms with Crippen LogP contribution < -0.4 is 10.1 Å². The molecule has 0 aliphatic heterocycles. The quantitative estimate of drug-likeness (QED) is 0.202. The zero-order valence-electron chi connectivity index (χ0n) is 18.3. The molecule has 0 saturated carbocycles. The number of ether oxygens (including phenoxy) is 1. The maximum Gasteiger partial charge on any atom is 0.416 e. The van der Waals surface area contributed by atoms with Crippen LogP contribution in [0.3, 0.4) is 0 Å². The minimum absolute atomic E-state index is 0.345. The second-order valence-electron chi connectivity index (χ2n) is 7.62. The van der Waals surface area contributed by atoms with Gasteiger partial charge in [-0.25, -0.2) is 9.97 Å². The Morgan fingerprint density at radius 3 is 2.57 bits per heavy atom. The summed E-state index contributed by atoms with van der Waals surface area (Å²) in [6.45, 7) is 1.26. The van der Waals surface area contributed by atoms with E-state index >= 15 is 0 Å². The third-order valence-electron chi connectivity index (χ3n) is 5.11. The van der Waals surface area contributed by atoms with E-state index in [0.717, 1.165) is 17.7 Å². The van der Waals surface area contributed by atoms with E-state index in [9.17, 15) is 18.3 Å². The van der Waals surface area contributed by atoms with Crippen LogP contribution >= 0.6 is 22.9 Å². The molecule has 2 heterocycles. The number of aromatic nitrogens is 2. The minimum Gasteiger partial charge on any atom is -0.492 e. The predicted molar refractivity (Wildman–Crippen MR) is 131 cm³/mol. The van der Waals surface area contributed by atoms with Crippen molar-refractivity contribution in [3.8, 4) is 27.6 Å². The van der Waals surface area contributed by atoms with Crippen molar-refractivity contribution in [1.82, 2.24) is 15.3 Å². The molecule has 0 radical (unpaired) electrons. The third kappa shape index (κ3) is 6.79. The van der Waals surface area contributed by atoms with Crippen LogP contribution in [0.4, 0.5) is 13.2 Å². The molecule has 0 fully saturated rings. The lowest BCUT2D eigenvalue weighted by Crippen LogP contribution is -2.26. The van der Waals surface area contributed by atoms with E-state index in [2.05, 4.69) is 15.3 Å². The summed E-state index contributed by atoms with van der Waals surface area (Å²) in [6, 6.07) is 15.8. The number of halogens is 4. The van der Waals surface area contributed by atoms with Gasteiger partial charge in [-0.2, -0.15) is 13.2 Å². The van der Waals surface area contributed by atoms with E-state index in [-0.39, 0.29) is 0 Å². The molecule has 1 atom stereocenters. The number of thiazole rings is 1. The maximum absolute atomic E-state index is 12.8. The highest BCUT2D eigenvalue weighted by molar-refractivity contribution is 7.13. The predicted octanol–water partition coefficient (Wildman–Crippen LogP) is 6.25. The Bertz CT molecular complexity index is 1250. The summed E-state index contributed by atoms with van der Waals surface area (Å²) in [7, 11) is 0. The molecule has 35 heavy (non-hydrogen) atoms. The fraction of sp³-hybridized carbons (Fsp3) is 0.200. The number of aliphatic hydroxyl groups is 1. The van der Waals surface area contributed by atoms with Crippen LogP contribution in [0.5, 0.6) is 5.75 Å². The zero-order valence-corrected chi connectivity index (χ0v) is 19.9. The summed E-state index contributed by atoms with van der Waals surface area (Å²) in [5.74, 6) is 0.663. The van der Waals surface area contributed by atoms with Gasteiger partial charge in [-0.1, -0.05) is 41.9 Å². The number of nitrogens with one attached hydrogen (secondary N) is 1. The Hall–Kier alpha value is -2.98. The molecule has 5 nitrogen and oxygen atoms in total. The second kappa shape index (κ2) is 11.2. The normalized spacial score (nSPS) is 12.5. The van der Waals surface area contributed by atoms with Crippen molar-refractivity contribution in [2.75, 3.05) is 19.7 Å². The van der Waals surface area contributed by atoms with E-state index in [1.165, 1.54) is 29.7 Å². The number of hydrogen-bond donors (Lipinski definition) is 2. The summed E-state index contributed by atoms with van der Waals surface area (Å²) in [4.78, 5) is 8.53. The van der Waals surface area contributed by atoms with E-state index in [0.29, 0.717) is 52.4 Å². The Morgan fingerprint density at radius 2 is 1.86 bits per heavy atom. The first-order valence-corrected chi connectivity index (χ1v) is 11.9. The van der Waals surface area contributed by atoms with E-state index in [4.69, 9.17) is 16.3 Å². The number of benzene rings is 2. The molecule has 0 spiro atoms. The van der Waals surface area contributed by atoms with Gasteiger partial charge in [0.15, 0.2) is 0 Å². The average molecular weight is 520 g/mol. The molecule has 0 amide bonds. The van der Waals surface area contributed by atoms with Crippen molar-refractivity contribution in [3.05, 3.63) is 88.5 Å². The highest BCUT2D eigenvalue weighted by Crippen LogP contribution is 2.33. The molecule has 2 aromatic carbocycles. The molecule has 4 aromatic rings.